The van der Waals surface area contributed by atoms with Crippen LogP contribution in [0.5, 0.6) is 0 Å². The highest BCUT2D eigenvalue weighted by Crippen LogP contribution is 2.37. The number of thiazole rings is 1. The van der Waals surface area contributed by atoms with Crippen LogP contribution in [-0.2, 0) is 0 Å². The van der Waals surface area contributed by atoms with Gasteiger partial charge in [0.1, 0.15) is 21.7 Å². The van der Waals surface area contributed by atoms with Gasteiger partial charge in [0.15, 0.2) is 11.5 Å². The zero-order valence-electron chi connectivity index (χ0n) is 12.3. The molecule has 0 bridgehead atoms. The van der Waals surface area contributed by atoms with Crippen molar-refractivity contribution in [3.05, 3.63) is 28.7 Å². The number of nitrogens with zero attached hydrogens (tertiary/aromatic N) is 5. The van der Waals surface area contributed by atoms with E-state index >= 15 is 0 Å². The van der Waals surface area contributed by atoms with Crippen molar-refractivity contribution in [2.45, 2.75) is 31.8 Å². The van der Waals surface area contributed by atoms with Gasteiger partial charge in [-0.15, -0.1) is 11.3 Å². The normalized spacial score (nSPS) is 15.7. The predicted molar refractivity (Wildman–Crippen MR) is 84.7 cm³/mol. The van der Waals surface area contributed by atoms with Crippen molar-refractivity contribution in [3.63, 3.8) is 0 Å². The van der Waals surface area contributed by atoms with Gasteiger partial charge in [-0.05, 0) is 19.8 Å². The van der Waals surface area contributed by atoms with Crippen molar-refractivity contribution < 1.29 is 9.90 Å². The molecule has 1 aliphatic rings. The molecule has 0 amide bonds. The molecule has 23 heavy (non-hydrogen) atoms. The Morgan fingerprint density at radius 1 is 1.39 bits per heavy atom. The summed E-state index contributed by atoms with van der Waals surface area (Å²) in [6.45, 7) is 1.91. The number of carboxylic acids is 1. The van der Waals surface area contributed by atoms with E-state index in [0.717, 1.165) is 35.3 Å². The van der Waals surface area contributed by atoms with E-state index in [2.05, 4.69) is 29.8 Å². The molecule has 0 spiro atoms. The lowest BCUT2D eigenvalue weighted by Gasteiger charge is -2.12. The third kappa shape index (κ3) is 2.52. The first-order valence-electron chi connectivity index (χ1n) is 7.26. The molecule has 0 radical (unpaired) electrons. The van der Waals surface area contributed by atoms with Crippen LogP contribution in [0.3, 0.4) is 0 Å². The highest BCUT2D eigenvalue weighted by Gasteiger charge is 2.26. The molecule has 1 fully saturated rings. The van der Waals surface area contributed by atoms with Gasteiger partial charge >= 0.3 is 5.97 Å². The number of hydrogen-bond donors (Lipinski definition) is 2. The Balaban J connectivity index is 1.62. The van der Waals surface area contributed by atoms with Crippen LogP contribution in [0, 0.1) is 0 Å². The Kier molecular flexibility index (Phi) is 3.22. The van der Waals surface area contributed by atoms with Gasteiger partial charge in [-0.1, -0.05) is 0 Å². The average molecular weight is 330 g/mol. The van der Waals surface area contributed by atoms with Gasteiger partial charge in [0.2, 0.25) is 0 Å². The van der Waals surface area contributed by atoms with E-state index in [1.54, 1.807) is 6.33 Å². The topological polar surface area (TPSA) is 106 Å². The molecule has 0 aromatic carbocycles. The summed E-state index contributed by atoms with van der Waals surface area (Å²) in [5.41, 5.74) is 1.55. The number of carboxylic acid groups (broad SMARTS) is 1. The molecule has 1 saturated carbocycles. The molecule has 3 aromatic heterocycles. The lowest BCUT2D eigenvalue weighted by Crippen LogP contribution is -2.08. The molecule has 8 nitrogen and oxygen atoms in total. The molecule has 2 N–H and O–H groups in total. The smallest absolute Gasteiger partial charge is 0.347 e. The number of rotatable bonds is 5. The maximum Gasteiger partial charge on any atom is 0.347 e. The van der Waals surface area contributed by atoms with Gasteiger partial charge in [-0.3, -0.25) is 0 Å². The van der Waals surface area contributed by atoms with E-state index in [1.165, 1.54) is 12.5 Å². The van der Waals surface area contributed by atoms with Crippen LogP contribution >= 0.6 is 11.3 Å². The maximum absolute atomic E-state index is 11.0. The lowest BCUT2D eigenvalue weighted by atomic mass is 10.3. The van der Waals surface area contributed by atoms with E-state index in [-0.39, 0.29) is 10.9 Å². The minimum absolute atomic E-state index is 0.169. The number of anilines is 1. The van der Waals surface area contributed by atoms with Gasteiger partial charge < -0.3 is 15.0 Å². The molecule has 1 aliphatic carbocycles. The second kappa shape index (κ2) is 5.27. The minimum atomic E-state index is -0.964. The number of aromatic nitrogens is 5. The fourth-order valence-corrected chi connectivity index (χ4v) is 3.19. The summed E-state index contributed by atoms with van der Waals surface area (Å²) in [6, 6.07) is 0.328. The lowest BCUT2D eigenvalue weighted by molar-refractivity contribution is 0.0702. The van der Waals surface area contributed by atoms with Crippen LogP contribution in [0.2, 0.25) is 0 Å². The molecule has 9 heteroatoms. The molecule has 3 aromatic rings. The molecular formula is C14H14N6O2S. The number of imidazole rings is 1. The van der Waals surface area contributed by atoms with Crippen molar-refractivity contribution in [1.82, 2.24) is 24.5 Å². The zero-order valence-corrected chi connectivity index (χ0v) is 13.1. The number of aromatic carboxylic acids is 1. The molecule has 0 saturated heterocycles. The van der Waals surface area contributed by atoms with Crippen molar-refractivity contribution in [1.29, 1.82) is 0 Å². The summed E-state index contributed by atoms with van der Waals surface area (Å²) < 4.78 is 2.08. The first kappa shape index (κ1) is 14.1. The molecule has 0 aliphatic heterocycles. The van der Waals surface area contributed by atoms with Crippen LogP contribution in [0.4, 0.5) is 5.82 Å². The Bertz CT molecular complexity index is 884. The third-order valence-electron chi connectivity index (χ3n) is 3.76. The summed E-state index contributed by atoms with van der Waals surface area (Å²) in [6.07, 6.45) is 7.01. The maximum atomic E-state index is 11.0. The van der Waals surface area contributed by atoms with Gasteiger partial charge in [0, 0.05) is 6.04 Å². The Morgan fingerprint density at radius 3 is 2.91 bits per heavy atom. The van der Waals surface area contributed by atoms with E-state index in [9.17, 15) is 4.79 Å². The van der Waals surface area contributed by atoms with Gasteiger partial charge in [0.05, 0.1) is 18.6 Å². The van der Waals surface area contributed by atoms with Gasteiger partial charge in [-0.2, -0.15) is 0 Å². The van der Waals surface area contributed by atoms with Crippen molar-refractivity contribution in [2.75, 3.05) is 5.32 Å². The Morgan fingerprint density at radius 2 is 2.22 bits per heavy atom. The molecular weight excluding hydrogens is 316 g/mol. The second-order valence-electron chi connectivity index (χ2n) is 5.51. The third-order valence-corrected chi connectivity index (χ3v) is 4.93. The Hall–Kier alpha value is -2.55. The van der Waals surface area contributed by atoms with Crippen LogP contribution in [0.1, 0.15) is 46.5 Å². The highest BCUT2D eigenvalue weighted by molar-refractivity contribution is 7.13. The summed E-state index contributed by atoms with van der Waals surface area (Å²) in [5.74, 6) is -0.331. The summed E-state index contributed by atoms with van der Waals surface area (Å²) in [4.78, 5) is 28.4. The van der Waals surface area contributed by atoms with Crippen molar-refractivity contribution >= 4 is 34.3 Å². The predicted octanol–water partition coefficient (Wildman–Crippen LogP) is 2.49. The van der Waals surface area contributed by atoms with Gasteiger partial charge in [-0.25, -0.2) is 24.7 Å². The van der Waals surface area contributed by atoms with Crippen molar-refractivity contribution in [2.24, 2.45) is 0 Å². The van der Waals surface area contributed by atoms with E-state index in [0.29, 0.717) is 16.9 Å². The average Bonchev–Trinajstić information content (AvgIpc) is 3.09. The molecule has 1 unspecified atom stereocenters. The summed E-state index contributed by atoms with van der Waals surface area (Å²) in [7, 11) is 0. The molecule has 1 atom stereocenters. The first-order chi connectivity index (χ1) is 11.1. The number of carbonyl (C=O) groups is 1. The van der Waals surface area contributed by atoms with Gasteiger partial charge in [0.25, 0.3) is 0 Å². The second-order valence-corrected chi connectivity index (χ2v) is 6.57. The highest BCUT2D eigenvalue weighted by atomic mass is 32.1. The van der Waals surface area contributed by atoms with E-state index < -0.39 is 5.97 Å². The SMILES string of the molecule is CC(Nc1ncnc2c1ncn2C1CC1)c1ncc(C(=O)O)s1. The quantitative estimate of drug-likeness (QED) is 0.740. The Labute approximate surface area is 135 Å². The number of fused-ring (bicyclic) bond motifs is 1. The number of nitrogens with one attached hydrogen (secondary N) is 1. The fraction of sp³-hybridized carbons (Fsp3) is 0.357. The molecule has 3 heterocycles. The molecule has 118 valence electrons. The van der Waals surface area contributed by atoms with Crippen LogP contribution in [0.15, 0.2) is 18.9 Å². The number of hydrogen-bond acceptors (Lipinski definition) is 7. The van der Waals surface area contributed by atoms with Crippen LogP contribution in [-0.4, -0.2) is 35.6 Å². The minimum Gasteiger partial charge on any atom is -0.477 e. The van der Waals surface area contributed by atoms with E-state index in [1.807, 2.05) is 6.92 Å². The fourth-order valence-electron chi connectivity index (χ4n) is 2.43. The van der Waals surface area contributed by atoms with Crippen molar-refractivity contribution in [3.8, 4) is 0 Å². The largest absolute Gasteiger partial charge is 0.477 e. The van der Waals surface area contributed by atoms with Crippen LogP contribution in [0.25, 0.3) is 11.2 Å². The monoisotopic (exact) mass is 330 g/mol. The van der Waals surface area contributed by atoms with E-state index in [4.69, 9.17) is 5.11 Å². The zero-order chi connectivity index (χ0) is 16.0. The first-order valence-corrected chi connectivity index (χ1v) is 8.08. The summed E-state index contributed by atoms with van der Waals surface area (Å²) >= 11 is 1.15. The van der Waals surface area contributed by atoms with Crippen LogP contribution < -0.4 is 5.32 Å². The molecule has 4 rings (SSSR count). The standard InChI is InChI=1S/C14H14N6O2S/c1-7(13-15-4-9(23-13)14(21)22)19-11-10-12(17-5-16-11)20(6-18-10)8-2-3-8/h4-8H,2-3H2,1H3,(H,21,22)(H,16,17,19). The summed E-state index contributed by atoms with van der Waals surface area (Å²) in [5, 5.41) is 12.9.